The van der Waals surface area contributed by atoms with Crippen molar-refractivity contribution in [2.75, 3.05) is 11.1 Å². The Morgan fingerprint density at radius 3 is 2.55 bits per heavy atom. The number of benzene rings is 1. The number of halogens is 2. The van der Waals surface area contributed by atoms with Gasteiger partial charge in [-0.25, -0.2) is 8.42 Å². The van der Waals surface area contributed by atoms with Gasteiger partial charge in [0.15, 0.2) is 14.5 Å². The molecule has 0 saturated heterocycles. The van der Waals surface area contributed by atoms with E-state index >= 15 is 0 Å². The smallest absolute Gasteiger partial charge is 0.183 e. The molecule has 20 heavy (non-hydrogen) atoms. The van der Waals surface area contributed by atoms with E-state index in [0.29, 0.717) is 27.6 Å². The molecular weight excluding hydrogens is 410 g/mol. The fourth-order valence-corrected chi connectivity index (χ4v) is 3.43. The predicted octanol–water partition coefficient (Wildman–Crippen LogP) is 4.21. The number of para-hydroxylation sites is 1. The molecule has 0 fully saturated rings. The number of anilines is 1. The lowest BCUT2D eigenvalue weighted by Gasteiger charge is -2.10. The summed E-state index contributed by atoms with van der Waals surface area (Å²) in [6, 6.07) is 8.69. The van der Waals surface area contributed by atoms with Crippen LogP contribution in [0, 0.1) is 0 Å². The van der Waals surface area contributed by atoms with Gasteiger partial charge in [0, 0.05) is 0 Å². The number of furan rings is 1. The Hall–Kier alpha value is -0.790. The Balaban J connectivity index is 2.22. The van der Waals surface area contributed by atoms with Gasteiger partial charge < -0.3 is 9.73 Å². The van der Waals surface area contributed by atoms with Crippen molar-refractivity contribution in [3.63, 3.8) is 0 Å². The van der Waals surface area contributed by atoms with Crippen molar-refractivity contribution in [3.05, 3.63) is 45.2 Å². The molecule has 2 rings (SSSR count). The molecular formula is C13H13Br2NO3S. The standard InChI is InChI=1S/C13H13Br2NO3S/c1-2-20(17,18)12-6-4-3-5-11(12)16-8-9-7-10(14)13(15)19-9/h3-7,16H,2,8H2,1H3. The zero-order valence-corrected chi connectivity index (χ0v) is 14.7. The third-order valence-electron chi connectivity index (χ3n) is 2.75. The second-order valence-corrected chi connectivity index (χ2v) is 7.91. The summed E-state index contributed by atoms with van der Waals surface area (Å²) in [6.07, 6.45) is 0. The van der Waals surface area contributed by atoms with Crippen molar-refractivity contribution in [1.82, 2.24) is 0 Å². The summed E-state index contributed by atoms with van der Waals surface area (Å²) in [6.45, 7) is 2.04. The van der Waals surface area contributed by atoms with Crippen molar-refractivity contribution >= 4 is 47.4 Å². The first-order valence-corrected chi connectivity index (χ1v) is 9.17. The Bertz CT molecular complexity index is 691. The average Bonchev–Trinajstić information content (AvgIpc) is 2.76. The number of nitrogens with one attached hydrogen (secondary N) is 1. The van der Waals surface area contributed by atoms with E-state index < -0.39 is 9.84 Å². The van der Waals surface area contributed by atoms with Crippen molar-refractivity contribution in [3.8, 4) is 0 Å². The molecule has 1 aromatic heterocycles. The van der Waals surface area contributed by atoms with E-state index in [0.717, 1.165) is 4.47 Å². The summed E-state index contributed by atoms with van der Waals surface area (Å²) in [5.41, 5.74) is 0.581. The molecule has 1 aromatic carbocycles. The van der Waals surface area contributed by atoms with Crippen LogP contribution in [0.5, 0.6) is 0 Å². The lowest BCUT2D eigenvalue weighted by Crippen LogP contribution is -2.08. The molecule has 0 aliphatic heterocycles. The molecule has 4 nitrogen and oxygen atoms in total. The molecule has 0 bridgehead atoms. The Kier molecular flexibility index (Phi) is 4.93. The van der Waals surface area contributed by atoms with Gasteiger partial charge in [0.25, 0.3) is 0 Å². The molecule has 0 unspecified atom stereocenters. The molecule has 108 valence electrons. The van der Waals surface area contributed by atoms with Gasteiger partial charge in [-0.15, -0.1) is 0 Å². The summed E-state index contributed by atoms with van der Waals surface area (Å²) in [7, 11) is -3.25. The first-order valence-electron chi connectivity index (χ1n) is 5.93. The lowest BCUT2D eigenvalue weighted by atomic mass is 10.3. The molecule has 0 saturated carbocycles. The molecule has 2 aromatic rings. The summed E-state index contributed by atoms with van der Waals surface area (Å²) < 4.78 is 30.9. The Labute approximate surface area is 134 Å². The van der Waals surface area contributed by atoms with Gasteiger partial charge in [0.05, 0.1) is 27.4 Å². The minimum absolute atomic E-state index is 0.0730. The zero-order valence-electron chi connectivity index (χ0n) is 10.7. The van der Waals surface area contributed by atoms with Gasteiger partial charge in [0.2, 0.25) is 0 Å². The molecule has 0 atom stereocenters. The minimum atomic E-state index is -3.25. The van der Waals surface area contributed by atoms with Crippen LogP contribution in [-0.4, -0.2) is 14.2 Å². The van der Waals surface area contributed by atoms with Gasteiger partial charge in [-0.3, -0.25) is 0 Å². The highest BCUT2D eigenvalue weighted by Gasteiger charge is 2.16. The van der Waals surface area contributed by atoms with Crippen LogP contribution in [0.4, 0.5) is 5.69 Å². The van der Waals surface area contributed by atoms with Crippen LogP contribution in [-0.2, 0) is 16.4 Å². The number of rotatable bonds is 5. The van der Waals surface area contributed by atoms with Crippen molar-refractivity contribution in [2.45, 2.75) is 18.4 Å². The minimum Gasteiger partial charge on any atom is -0.451 e. The summed E-state index contributed by atoms with van der Waals surface area (Å²) in [5, 5.41) is 3.10. The Morgan fingerprint density at radius 1 is 1.25 bits per heavy atom. The van der Waals surface area contributed by atoms with Crippen molar-refractivity contribution in [1.29, 1.82) is 0 Å². The molecule has 0 spiro atoms. The monoisotopic (exact) mass is 421 g/mol. The summed E-state index contributed by atoms with van der Waals surface area (Å²) in [4.78, 5) is 0.312. The van der Waals surface area contributed by atoms with Crippen molar-refractivity contribution < 1.29 is 12.8 Å². The van der Waals surface area contributed by atoms with Crippen LogP contribution in [0.1, 0.15) is 12.7 Å². The maximum Gasteiger partial charge on any atom is 0.183 e. The average molecular weight is 423 g/mol. The number of hydrogen-bond donors (Lipinski definition) is 1. The van der Waals surface area contributed by atoms with Crippen LogP contribution < -0.4 is 5.32 Å². The Morgan fingerprint density at radius 2 is 1.95 bits per heavy atom. The van der Waals surface area contributed by atoms with E-state index in [1.165, 1.54) is 0 Å². The van der Waals surface area contributed by atoms with Crippen LogP contribution in [0.2, 0.25) is 0 Å². The second kappa shape index (κ2) is 6.32. The molecule has 0 aliphatic rings. The lowest BCUT2D eigenvalue weighted by molar-refractivity contribution is 0.494. The maximum absolute atomic E-state index is 12.0. The highest BCUT2D eigenvalue weighted by atomic mass is 79.9. The van der Waals surface area contributed by atoms with E-state index in [4.69, 9.17) is 4.42 Å². The zero-order chi connectivity index (χ0) is 14.8. The van der Waals surface area contributed by atoms with E-state index in [1.54, 1.807) is 31.2 Å². The predicted molar refractivity (Wildman–Crippen MR) is 85.6 cm³/mol. The third-order valence-corrected chi connectivity index (χ3v) is 6.25. The van der Waals surface area contributed by atoms with Crippen molar-refractivity contribution in [2.24, 2.45) is 0 Å². The molecule has 1 N–H and O–H groups in total. The fourth-order valence-electron chi connectivity index (χ4n) is 1.70. The maximum atomic E-state index is 12.0. The number of sulfone groups is 1. The molecule has 1 heterocycles. The van der Waals surface area contributed by atoms with Gasteiger partial charge in [-0.05, 0) is 50.1 Å². The molecule has 7 heteroatoms. The SMILES string of the molecule is CCS(=O)(=O)c1ccccc1NCc1cc(Br)c(Br)o1. The summed E-state index contributed by atoms with van der Waals surface area (Å²) >= 11 is 6.60. The highest BCUT2D eigenvalue weighted by Crippen LogP contribution is 2.28. The van der Waals surface area contributed by atoms with E-state index in [9.17, 15) is 8.42 Å². The van der Waals surface area contributed by atoms with Crippen LogP contribution in [0.15, 0.2) is 48.8 Å². The summed E-state index contributed by atoms with van der Waals surface area (Å²) in [5.74, 6) is 0.774. The first kappa shape index (κ1) is 15.6. The fraction of sp³-hybridized carbons (Fsp3) is 0.231. The van der Waals surface area contributed by atoms with E-state index in [-0.39, 0.29) is 5.75 Å². The van der Waals surface area contributed by atoms with Crippen LogP contribution in [0.3, 0.4) is 0 Å². The molecule has 0 aliphatic carbocycles. The quantitative estimate of drug-likeness (QED) is 0.783. The highest BCUT2D eigenvalue weighted by molar-refractivity contribution is 9.13. The van der Waals surface area contributed by atoms with Crippen LogP contribution >= 0.6 is 31.9 Å². The largest absolute Gasteiger partial charge is 0.451 e. The van der Waals surface area contributed by atoms with Gasteiger partial charge in [0.1, 0.15) is 5.76 Å². The second-order valence-electron chi connectivity index (χ2n) is 4.09. The van der Waals surface area contributed by atoms with Gasteiger partial charge >= 0.3 is 0 Å². The van der Waals surface area contributed by atoms with E-state index in [2.05, 4.69) is 37.2 Å². The molecule has 0 radical (unpaired) electrons. The number of hydrogen-bond acceptors (Lipinski definition) is 4. The van der Waals surface area contributed by atoms with Gasteiger partial charge in [-0.1, -0.05) is 19.1 Å². The normalized spacial score (nSPS) is 11.6. The third kappa shape index (κ3) is 3.45. The topological polar surface area (TPSA) is 59.3 Å². The first-order chi connectivity index (χ1) is 9.44. The molecule has 0 amide bonds. The van der Waals surface area contributed by atoms with E-state index in [1.807, 2.05) is 6.07 Å². The van der Waals surface area contributed by atoms with Crippen LogP contribution in [0.25, 0.3) is 0 Å². The van der Waals surface area contributed by atoms with Gasteiger partial charge in [-0.2, -0.15) is 0 Å².